The molecule has 0 atom stereocenters. The lowest BCUT2D eigenvalue weighted by molar-refractivity contribution is -0.143. The minimum atomic E-state index is -0.641. The maximum Gasteiger partial charge on any atom is 0.306 e. The van der Waals surface area contributed by atoms with Crippen molar-refractivity contribution in [3.8, 4) is 0 Å². The third-order valence-electron chi connectivity index (χ3n) is 3.30. The fourth-order valence-corrected chi connectivity index (χ4v) is 2.22. The number of rotatable bonds is 6. The van der Waals surface area contributed by atoms with E-state index in [1.54, 1.807) is 0 Å². The largest absolute Gasteiger partial charge is 0.481 e. The van der Waals surface area contributed by atoms with Crippen LogP contribution in [0.15, 0.2) is 0 Å². The molecule has 0 bridgehead atoms. The van der Waals surface area contributed by atoms with Crippen LogP contribution in [0.25, 0.3) is 0 Å². The Bertz CT molecular complexity index is 205. The summed E-state index contributed by atoms with van der Waals surface area (Å²) in [6.45, 7) is 5.27. The van der Waals surface area contributed by atoms with Gasteiger partial charge in [0.05, 0.1) is 12.0 Å². The molecule has 1 saturated carbocycles. The second-order valence-electron chi connectivity index (χ2n) is 5.22. The van der Waals surface area contributed by atoms with E-state index in [0.29, 0.717) is 6.10 Å². The Balaban J connectivity index is 2.06. The van der Waals surface area contributed by atoms with Gasteiger partial charge in [0, 0.05) is 6.61 Å². The van der Waals surface area contributed by atoms with Gasteiger partial charge < -0.3 is 9.84 Å². The van der Waals surface area contributed by atoms with E-state index in [9.17, 15) is 4.79 Å². The quantitative estimate of drug-likeness (QED) is 0.711. The highest BCUT2D eigenvalue weighted by molar-refractivity contribution is 5.69. The van der Waals surface area contributed by atoms with Crippen molar-refractivity contribution in [2.24, 2.45) is 11.8 Å². The highest BCUT2D eigenvalue weighted by Crippen LogP contribution is 2.26. The number of carbonyl (C=O) groups is 1. The third-order valence-corrected chi connectivity index (χ3v) is 3.30. The average molecular weight is 228 g/mol. The number of aliphatic carboxylic acids is 1. The predicted molar refractivity (Wildman–Crippen MR) is 63.4 cm³/mol. The molecular weight excluding hydrogens is 204 g/mol. The van der Waals surface area contributed by atoms with Crippen LogP contribution in [0.1, 0.15) is 52.4 Å². The van der Waals surface area contributed by atoms with Gasteiger partial charge >= 0.3 is 5.97 Å². The van der Waals surface area contributed by atoms with Crippen LogP contribution in [0.2, 0.25) is 0 Å². The van der Waals surface area contributed by atoms with Crippen LogP contribution in [-0.2, 0) is 9.53 Å². The normalized spacial score (nSPS) is 25.9. The van der Waals surface area contributed by atoms with Crippen LogP contribution in [0.5, 0.6) is 0 Å². The van der Waals surface area contributed by atoms with Crippen LogP contribution < -0.4 is 0 Å². The summed E-state index contributed by atoms with van der Waals surface area (Å²) in [5, 5.41) is 8.86. The maximum absolute atomic E-state index is 10.8. The molecule has 1 aliphatic carbocycles. The summed E-state index contributed by atoms with van der Waals surface area (Å²) in [6, 6.07) is 0. The van der Waals surface area contributed by atoms with E-state index in [1.807, 2.05) is 0 Å². The molecule has 0 saturated heterocycles. The minimum Gasteiger partial charge on any atom is -0.481 e. The molecule has 1 aliphatic rings. The van der Waals surface area contributed by atoms with Gasteiger partial charge in [-0.3, -0.25) is 4.79 Å². The fourth-order valence-electron chi connectivity index (χ4n) is 2.22. The van der Waals surface area contributed by atoms with Gasteiger partial charge in [0.2, 0.25) is 0 Å². The highest BCUT2D eigenvalue weighted by Gasteiger charge is 2.25. The fraction of sp³-hybridized carbons (Fsp3) is 0.923. The zero-order chi connectivity index (χ0) is 12.0. The molecule has 16 heavy (non-hydrogen) atoms. The Kier molecular flexibility index (Phi) is 5.81. The SMILES string of the molecule is CC(C)CCCOC1CCC(C(=O)O)CC1. The van der Waals surface area contributed by atoms with Crippen molar-refractivity contribution in [2.75, 3.05) is 6.61 Å². The molecule has 1 fully saturated rings. The molecule has 94 valence electrons. The van der Waals surface area contributed by atoms with Gasteiger partial charge in [-0.1, -0.05) is 13.8 Å². The molecule has 0 aromatic heterocycles. The first-order valence-electron chi connectivity index (χ1n) is 6.44. The van der Waals surface area contributed by atoms with Gasteiger partial charge in [0.15, 0.2) is 0 Å². The number of hydrogen-bond donors (Lipinski definition) is 1. The van der Waals surface area contributed by atoms with Crippen LogP contribution in [-0.4, -0.2) is 23.8 Å². The van der Waals surface area contributed by atoms with Gasteiger partial charge in [-0.2, -0.15) is 0 Å². The van der Waals surface area contributed by atoms with Crippen molar-refractivity contribution < 1.29 is 14.6 Å². The van der Waals surface area contributed by atoms with Gasteiger partial charge in [-0.15, -0.1) is 0 Å². The minimum absolute atomic E-state index is 0.129. The Morgan fingerprint density at radius 3 is 2.44 bits per heavy atom. The smallest absolute Gasteiger partial charge is 0.306 e. The standard InChI is InChI=1S/C13H24O3/c1-10(2)4-3-9-16-12-7-5-11(6-8-12)13(14)15/h10-12H,3-9H2,1-2H3,(H,14,15). The Labute approximate surface area is 98.2 Å². The number of carboxylic acids is 1. The van der Waals surface area contributed by atoms with Crippen LogP contribution in [0, 0.1) is 11.8 Å². The molecule has 0 aliphatic heterocycles. The Hall–Kier alpha value is -0.570. The Morgan fingerprint density at radius 1 is 1.31 bits per heavy atom. The second kappa shape index (κ2) is 6.89. The molecule has 0 radical (unpaired) electrons. The summed E-state index contributed by atoms with van der Waals surface area (Å²) < 4.78 is 5.77. The highest BCUT2D eigenvalue weighted by atomic mass is 16.5. The number of hydrogen-bond acceptors (Lipinski definition) is 2. The molecule has 0 amide bonds. The number of ether oxygens (including phenoxy) is 1. The summed E-state index contributed by atoms with van der Waals surface area (Å²) in [4.78, 5) is 10.8. The van der Waals surface area contributed by atoms with Crippen molar-refractivity contribution in [3.63, 3.8) is 0 Å². The van der Waals surface area contributed by atoms with E-state index < -0.39 is 5.97 Å². The lowest BCUT2D eigenvalue weighted by atomic mass is 9.87. The van der Waals surface area contributed by atoms with E-state index >= 15 is 0 Å². The first kappa shape index (κ1) is 13.5. The first-order valence-corrected chi connectivity index (χ1v) is 6.44. The van der Waals surface area contributed by atoms with Crippen LogP contribution >= 0.6 is 0 Å². The van der Waals surface area contributed by atoms with Crippen LogP contribution in [0.4, 0.5) is 0 Å². The predicted octanol–water partition coefficient (Wildman–Crippen LogP) is 3.08. The lowest BCUT2D eigenvalue weighted by Crippen LogP contribution is -2.26. The molecule has 0 spiro atoms. The molecule has 0 unspecified atom stereocenters. The van der Waals surface area contributed by atoms with Crippen molar-refractivity contribution in [1.82, 2.24) is 0 Å². The van der Waals surface area contributed by atoms with E-state index in [-0.39, 0.29) is 5.92 Å². The lowest BCUT2D eigenvalue weighted by Gasteiger charge is -2.26. The van der Waals surface area contributed by atoms with E-state index in [1.165, 1.54) is 6.42 Å². The molecule has 1 rings (SSSR count). The van der Waals surface area contributed by atoms with Crippen molar-refractivity contribution in [3.05, 3.63) is 0 Å². The van der Waals surface area contributed by atoms with Gasteiger partial charge in [0.25, 0.3) is 0 Å². The van der Waals surface area contributed by atoms with Crippen molar-refractivity contribution in [2.45, 2.75) is 58.5 Å². The molecule has 1 N–H and O–H groups in total. The zero-order valence-corrected chi connectivity index (χ0v) is 10.4. The molecule has 0 aromatic rings. The monoisotopic (exact) mass is 228 g/mol. The maximum atomic E-state index is 10.8. The second-order valence-corrected chi connectivity index (χ2v) is 5.22. The van der Waals surface area contributed by atoms with Gasteiger partial charge in [-0.25, -0.2) is 0 Å². The topological polar surface area (TPSA) is 46.5 Å². The van der Waals surface area contributed by atoms with Crippen molar-refractivity contribution >= 4 is 5.97 Å². The summed E-state index contributed by atoms with van der Waals surface area (Å²) in [6.07, 6.45) is 6.04. The zero-order valence-electron chi connectivity index (χ0n) is 10.4. The van der Waals surface area contributed by atoms with E-state index in [2.05, 4.69) is 13.8 Å². The van der Waals surface area contributed by atoms with Gasteiger partial charge in [-0.05, 0) is 44.4 Å². The summed E-state index contributed by atoms with van der Waals surface area (Å²) in [7, 11) is 0. The third kappa shape index (κ3) is 4.97. The van der Waals surface area contributed by atoms with Gasteiger partial charge in [0.1, 0.15) is 0 Å². The molecule has 3 heteroatoms. The molecule has 0 heterocycles. The molecule has 0 aromatic carbocycles. The molecular formula is C13H24O3. The van der Waals surface area contributed by atoms with Crippen LogP contribution in [0.3, 0.4) is 0 Å². The summed E-state index contributed by atoms with van der Waals surface area (Å²) in [5.74, 6) is -0.0277. The molecule has 3 nitrogen and oxygen atoms in total. The number of carboxylic acid groups (broad SMARTS) is 1. The first-order chi connectivity index (χ1) is 7.59. The summed E-state index contributed by atoms with van der Waals surface area (Å²) in [5.41, 5.74) is 0. The Morgan fingerprint density at radius 2 is 1.94 bits per heavy atom. The van der Waals surface area contributed by atoms with Crippen molar-refractivity contribution in [1.29, 1.82) is 0 Å². The van der Waals surface area contributed by atoms with E-state index in [4.69, 9.17) is 9.84 Å². The summed E-state index contributed by atoms with van der Waals surface area (Å²) >= 11 is 0. The average Bonchev–Trinajstić information content (AvgIpc) is 2.25. The van der Waals surface area contributed by atoms with E-state index in [0.717, 1.165) is 44.6 Å².